The lowest BCUT2D eigenvalue weighted by molar-refractivity contribution is -0.114. The summed E-state index contributed by atoms with van der Waals surface area (Å²) in [7, 11) is 0. The predicted octanol–water partition coefficient (Wildman–Crippen LogP) is 6.82. The predicted molar refractivity (Wildman–Crippen MR) is 153 cm³/mol. The number of halogens is 3. The zero-order chi connectivity index (χ0) is 29.0. The van der Waals surface area contributed by atoms with Gasteiger partial charge in [-0.3, -0.25) is 10.2 Å². The van der Waals surface area contributed by atoms with Gasteiger partial charge in [0.15, 0.2) is 5.84 Å². The summed E-state index contributed by atoms with van der Waals surface area (Å²) in [4.78, 5) is 16.6. The fourth-order valence-corrected chi connectivity index (χ4v) is 5.41. The van der Waals surface area contributed by atoms with Crippen molar-refractivity contribution in [2.24, 2.45) is 10.1 Å². The highest BCUT2D eigenvalue weighted by Crippen LogP contribution is 2.36. The van der Waals surface area contributed by atoms with Crippen LogP contribution < -0.4 is 4.74 Å². The third-order valence-corrected chi connectivity index (χ3v) is 7.77. The van der Waals surface area contributed by atoms with Crippen molar-refractivity contribution in [3.63, 3.8) is 0 Å². The van der Waals surface area contributed by atoms with E-state index in [0.717, 1.165) is 32.9 Å². The molecule has 5 rings (SSSR count). The number of carbonyl (C=O) groups is 1. The molecule has 7 nitrogen and oxygen atoms in total. The summed E-state index contributed by atoms with van der Waals surface area (Å²) in [6, 6.07) is 14.0. The summed E-state index contributed by atoms with van der Waals surface area (Å²) in [6.07, 6.45) is -3.17. The average molecular weight is 568 g/mol. The average Bonchev–Trinajstić information content (AvgIpc) is 3.41. The highest BCUT2D eigenvalue weighted by atomic mass is 32.2. The molecule has 0 atom stereocenters. The van der Waals surface area contributed by atoms with E-state index in [-0.39, 0.29) is 27.9 Å². The Morgan fingerprint density at radius 3 is 2.42 bits per heavy atom. The number of nitrogens with zero attached hydrogens (tertiary/aromatic N) is 4. The Hall–Kier alpha value is -3.86. The number of fused-ring (bicyclic) bond motifs is 2. The minimum atomic E-state index is -4.70. The summed E-state index contributed by atoms with van der Waals surface area (Å²) in [5.74, 6) is -0.466. The maximum absolute atomic E-state index is 13.2. The van der Waals surface area contributed by atoms with E-state index in [0.29, 0.717) is 18.7 Å². The Morgan fingerprint density at radius 1 is 1.07 bits per heavy atom. The molecule has 2 aromatic carbocycles. The fourth-order valence-electron chi connectivity index (χ4n) is 4.65. The van der Waals surface area contributed by atoms with Gasteiger partial charge >= 0.3 is 6.18 Å². The number of aromatic nitrogens is 1. The molecule has 40 heavy (non-hydrogen) atoms. The van der Waals surface area contributed by atoms with Crippen LogP contribution in [0.3, 0.4) is 0 Å². The minimum absolute atomic E-state index is 0.0479. The molecule has 0 unspecified atom stereocenters. The third kappa shape index (κ3) is 5.17. The maximum Gasteiger partial charge on any atom is 0.441 e. The summed E-state index contributed by atoms with van der Waals surface area (Å²) < 4.78 is 47.7. The van der Waals surface area contributed by atoms with Crippen LogP contribution in [0.2, 0.25) is 0 Å². The molecule has 1 aromatic heterocycles. The van der Waals surface area contributed by atoms with Gasteiger partial charge in [0.25, 0.3) is 5.91 Å². The van der Waals surface area contributed by atoms with Crippen LogP contribution in [-0.4, -0.2) is 44.3 Å². The molecule has 208 valence electrons. The standard InChI is InChI=1S/C29H28F3N5O2S/c1-16-6-11-23-21(14-16)20(15-22-24(33)37-27(34-25(22)38)40-26(35-37)29(30,31)32)17(2)36(23)12-13-39-19-9-7-18(8-10-19)28(3,4)5/h6-11,14-15,33H,12-13H2,1-5H3/b22-15+,33-24?. The number of amides is 1. The molecule has 0 saturated carbocycles. The maximum atomic E-state index is 13.2. The molecule has 2 aliphatic heterocycles. The van der Waals surface area contributed by atoms with Gasteiger partial charge in [0, 0.05) is 22.2 Å². The molecule has 11 heteroatoms. The summed E-state index contributed by atoms with van der Waals surface area (Å²) >= 11 is 0.232. The lowest BCUT2D eigenvalue weighted by atomic mass is 9.87. The largest absolute Gasteiger partial charge is 0.492 e. The number of hydrogen-bond donors (Lipinski definition) is 1. The molecule has 2 aliphatic rings. The third-order valence-electron chi connectivity index (χ3n) is 6.82. The fraction of sp³-hybridized carbons (Fsp3) is 0.310. The molecule has 0 saturated heterocycles. The van der Waals surface area contributed by atoms with Crippen LogP contribution in [0.1, 0.15) is 43.2 Å². The van der Waals surface area contributed by atoms with Crippen molar-refractivity contribution in [3.8, 4) is 5.75 Å². The number of nitrogens with one attached hydrogen (secondary N) is 1. The highest BCUT2D eigenvalue weighted by molar-refractivity contribution is 8.27. The highest BCUT2D eigenvalue weighted by Gasteiger charge is 2.46. The Morgan fingerprint density at radius 2 is 1.77 bits per heavy atom. The second-order valence-electron chi connectivity index (χ2n) is 10.7. The van der Waals surface area contributed by atoms with Crippen molar-refractivity contribution < 1.29 is 22.7 Å². The van der Waals surface area contributed by atoms with Crippen LogP contribution >= 0.6 is 11.8 Å². The van der Waals surface area contributed by atoms with Crippen molar-refractivity contribution in [2.75, 3.05) is 6.61 Å². The number of hydrazone groups is 1. The summed E-state index contributed by atoms with van der Waals surface area (Å²) in [5, 5.41) is 12.1. The van der Waals surface area contributed by atoms with Gasteiger partial charge in [0.2, 0.25) is 10.2 Å². The molecule has 1 amide bonds. The number of ether oxygens (including phenoxy) is 1. The second-order valence-corrected chi connectivity index (χ2v) is 11.7. The minimum Gasteiger partial charge on any atom is -0.492 e. The number of amidine groups is 2. The van der Waals surface area contributed by atoms with Gasteiger partial charge in [0.05, 0.1) is 12.1 Å². The topological polar surface area (TPSA) is 83.0 Å². The van der Waals surface area contributed by atoms with Crippen LogP contribution in [-0.2, 0) is 16.8 Å². The van der Waals surface area contributed by atoms with Gasteiger partial charge in [-0.05, 0) is 66.9 Å². The van der Waals surface area contributed by atoms with Gasteiger partial charge in [0.1, 0.15) is 12.4 Å². The first-order valence-corrected chi connectivity index (χ1v) is 13.5. The van der Waals surface area contributed by atoms with Crippen LogP contribution in [0.15, 0.2) is 58.1 Å². The van der Waals surface area contributed by atoms with E-state index in [1.54, 1.807) is 0 Å². The number of alkyl halides is 3. The molecule has 3 aromatic rings. The summed E-state index contributed by atoms with van der Waals surface area (Å²) in [6.45, 7) is 11.2. The number of rotatable bonds is 5. The summed E-state index contributed by atoms with van der Waals surface area (Å²) in [5.41, 5.74) is 4.56. The zero-order valence-corrected chi connectivity index (χ0v) is 23.5. The lowest BCUT2D eigenvalue weighted by Gasteiger charge is -2.20. The molecular weight excluding hydrogens is 539 g/mol. The van der Waals surface area contributed by atoms with Gasteiger partial charge < -0.3 is 9.30 Å². The number of benzene rings is 2. The molecule has 1 N–H and O–H groups in total. The van der Waals surface area contributed by atoms with E-state index >= 15 is 0 Å². The number of carbonyl (C=O) groups excluding carboxylic acids is 1. The van der Waals surface area contributed by atoms with E-state index in [2.05, 4.69) is 47.6 Å². The Kier molecular flexibility index (Phi) is 6.89. The van der Waals surface area contributed by atoms with E-state index in [1.165, 1.54) is 11.6 Å². The Bertz CT molecular complexity index is 1630. The number of hydrogen-bond acceptors (Lipinski definition) is 5. The quantitative estimate of drug-likeness (QED) is 0.343. The normalized spacial score (nSPS) is 17.0. The van der Waals surface area contributed by atoms with Gasteiger partial charge in [-0.15, -0.1) is 0 Å². The first kappa shape index (κ1) is 27.7. The van der Waals surface area contributed by atoms with Crippen LogP contribution in [0.5, 0.6) is 5.75 Å². The first-order chi connectivity index (χ1) is 18.7. The van der Waals surface area contributed by atoms with E-state index in [1.807, 2.05) is 44.2 Å². The van der Waals surface area contributed by atoms with Crippen molar-refractivity contribution in [2.45, 2.75) is 52.8 Å². The molecule has 0 radical (unpaired) electrons. The van der Waals surface area contributed by atoms with E-state index in [9.17, 15) is 18.0 Å². The van der Waals surface area contributed by atoms with Crippen LogP contribution in [0.25, 0.3) is 17.0 Å². The molecule has 3 heterocycles. The van der Waals surface area contributed by atoms with Gasteiger partial charge in [-0.2, -0.15) is 28.3 Å². The van der Waals surface area contributed by atoms with E-state index < -0.39 is 23.0 Å². The smallest absolute Gasteiger partial charge is 0.441 e. The van der Waals surface area contributed by atoms with Gasteiger partial charge in [-0.25, -0.2) is 0 Å². The van der Waals surface area contributed by atoms with E-state index in [4.69, 9.17) is 10.1 Å². The molecule has 0 bridgehead atoms. The zero-order valence-electron chi connectivity index (χ0n) is 22.7. The first-order valence-electron chi connectivity index (χ1n) is 12.6. The molecular formula is C29H28F3N5O2S. The number of thioether (sulfide) groups is 1. The number of aryl methyl sites for hydroxylation is 1. The SMILES string of the molecule is Cc1ccc2c(c1)c(/C=C1\C(=N)N3N=C(C(F)(F)F)SC3=NC1=O)c(C)n2CCOc1ccc(C(C)(C)C)cc1. The molecule has 0 spiro atoms. The van der Waals surface area contributed by atoms with Crippen molar-refractivity contribution >= 4 is 50.7 Å². The Labute approximate surface area is 233 Å². The van der Waals surface area contributed by atoms with Crippen LogP contribution in [0, 0.1) is 19.3 Å². The monoisotopic (exact) mass is 567 g/mol. The number of aliphatic imine (C=N–C) groups is 1. The lowest BCUT2D eigenvalue weighted by Crippen LogP contribution is -2.35. The molecule has 0 fully saturated rings. The molecule has 0 aliphatic carbocycles. The van der Waals surface area contributed by atoms with Crippen LogP contribution in [0.4, 0.5) is 13.2 Å². The van der Waals surface area contributed by atoms with Crippen molar-refractivity contribution in [1.29, 1.82) is 5.41 Å². The Balaban J connectivity index is 1.45. The van der Waals surface area contributed by atoms with Crippen molar-refractivity contribution in [3.05, 3.63) is 70.4 Å². The van der Waals surface area contributed by atoms with Crippen molar-refractivity contribution in [1.82, 2.24) is 9.58 Å². The second kappa shape index (κ2) is 9.96. The van der Waals surface area contributed by atoms with Gasteiger partial charge in [-0.1, -0.05) is 44.5 Å².